The first-order valence-corrected chi connectivity index (χ1v) is 16.6. The highest BCUT2D eigenvalue weighted by atomic mass is 16.3. The fraction of sp³-hybridized carbons (Fsp3) is 0. The normalized spacial score (nSPS) is 11.6. The van der Waals surface area contributed by atoms with Gasteiger partial charge in [0.15, 0.2) is 17.5 Å². The van der Waals surface area contributed by atoms with Crippen LogP contribution in [0.15, 0.2) is 173 Å². The molecule has 10 rings (SSSR count). The Morgan fingerprint density at radius 2 is 0.760 bits per heavy atom. The summed E-state index contributed by atoms with van der Waals surface area (Å²) in [5, 5.41) is 4.12. The van der Waals surface area contributed by atoms with E-state index in [0.717, 1.165) is 71.7 Å². The van der Waals surface area contributed by atoms with E-state index in [1.807, 2.05) is 78.9 Å². The minimum absolute atomic E-state index is 0.531. The Bertz CT molecular complexity index is 2850. The molecule has 0 radical (unpaired) electrons. The molecule has 0 unspecified atom stereocenters. The predicted molar refractivity (Wildman–Crippen MR) is 202 cm³/mol. The molecule has 0 saturated heterocycles. The highest BCUT2D eigenvalue weighted by Gasteiger charge is 2.20. The van der Waals surface area contributed by atoms with Crippen molar-refractivity contribution in [3.05, 3.63) is 164 Å². The second kappa shape index (κ2) is 11.4. The fourth-order valence-corrected chi connectivity index (χ4v) is 6.90. The van der Waals surface area contributed by atoms with E-state index in [9.17, 15) is 0 Å². The molecule has 0 aliphatic rings. The zero-order valence-corrected chi connectivity index (χ0v) is 26.7. The van der Waals surface area contributed by atoms with E-state index in [1.165, 1.54) is 11.1 Å². The average molecular weight is 642 g/mol. The van der Waals surface area contributed by atoms with Crippen LogP contribution < -0.4 is 0 Å². The van der Waals surface area contributed by atoms with E-state index < -0.39 is 0 Å². The number of rotatable bonds is 5. The van der Waals surface area contributed by atoms with Crippen molar-refractivity contribution in [2.24, 2.45) is 0 Å². The van der Waals surface area contributed by atoms with Crippen LogP contribution in [0.1, 0.15) is 0 Å². The molecule has 5 nitrogen and oxygen atoms in total. The van der Waals surface area contributed by atoms with Crippen LogP contribution in [0.25, 0.3) is 100 Å². The van der Waals surface area contributed by atoms with Crippen LogP contribution in [0, 0.1) is 0 Å². The monoisotopic (exact) mass is 641 g/mol. The Morgan fingerprint density at radius 1 is 0.300 bits per heavy atom. The van der Waals surface area contributed by atoms with Crippen molar-refractivity contribution < 1.29 is 8.83 Å². The molecule has 3 heterocycles. The van der Waals surface area contributed by atoms with Gasteiger partial charge in [-0.1, -0.05) is 133 Å². The third kappa shape index (κ3) is 4.67. The molecule has 0 aliphatic heterocycles. The van der Waals surface area contributed by atoms with Crippen LogP contribution in [-0.2, 0) is 0 Å². The lowest BCUT2D eigenvalue weighted by Gasteiger charge is -2.09. The fourth-order valence-electron chi connectivity index (χ4n) is 6.90. The number of furan rings is 2. The van der Waals surface area contributed by atoms with Gasteiger partial charge in [0.05, 0.1) is 11.1 Å². The zero-order chi connectivity index (χ0) is 33.0. The Morgan fingerprint density at radius 3 is 1.42 bits per heavy atom. The number of hydrogen-bond acceptors (Lipinski definition) is 5. The van der Waals surface area contributed by atoms with E-state index >= 15 is 0 Å². The van der Waals surface area contributed by atoms with Crippen molar-refractivity contribution in [2.75, 3.05) is 0 Å². The standard InChI is InChI=1S/C45H27N3O2/c1-3-11-28(12-4-1)29-21-23-30(24-22-29)32-25-26-34-36-17-10-19-38(42(36)50-40(34)27-32)45-47-43(31-13-5-2-6-14-31)46-44(48-45)37-18-9-16-35-33-15-7-8-20-39(33)49-41(35)37/h1-27H. The van der Waals surface area contributed by atoms with E-state index in [0.29, 0.717) is 17.5 Å². The van der Waals surface area contributed by atoms with E-state index in [2.05, 4.69) is 84.9 Å². The number of nitrogens with zero attached hydrogens (tertiary/aromatic N) is 3. The molecular weight excluding hydrogens is 615 g/mol. The molecule has 10 aromatic rings. The summed E-state index contributed by atoms with van der Waals surface area (Å²) >= 11 is 0. The second-order valence-corrected chi connectivity index (χ2v) is 12.4. The van der Waals surface area contributed by atoms with Crippen molar-refractivity contribution in [2.45, 2.75) is 0 Å². The number of hydrogen-bond donors (Lipinski definition) is 0. The summed E-state index contributed by atoms with van der Waals surface area (Å²) in [6.45, 7) is 0. The van der Waals surface area contributed by atoms with Gasteiger partial charge < -0.3 is 8.83 Å². The summed E-state index contributed by atoms with van der Waals surface area (Å²) in [5.74, 6) is 1.64. The van der Waals surface area contributed by atoms with Gasteiger partial charge >= 0.3 is 0 Å². The van der Waals surface area contributed by atoms with Crippen LogP contribution in [0.2, 0.25) is 0 Å². The van der Waals surface area contributed by atoms with E-state index in [1.54, 1.807) is 0 Å². The van der Waals surface area contributed by atoms with Crippen LogP contribution in [0.3, 0.4) is 0 Å². The van der Waals surface area contributed by atoms with E-state index in [-0.39, 0.29) is 0 Å². The van der Waals surface area contributed by atoms with Crippen LogP contribution in [0.4, 0.5) is 0 Å². The van der Waals surface area contributed by atoms with Crippen LogP contribution >= 0.6 is 0 Å². The first-order chi connectivity index (χ1) is 24.8. The zero-order valence-electron chi connectivity index (χ0n) is 26.7. The Balaban J connectivity index is 1.12. The highest BCUT2D eigenvalue weighted by molar-refractivity contribution is 6.11. The molecule has 0 bridgehead atoms. The molecule has 5 heteroatoms. The lowest BCUT2D eigenvalue weighted by Crippen LogP contribution is -2.00. The highest BCUT2D eigenvalue weighted by Crippen LogP contribution is 2.39. The Labute approximate surface area is 287 Å². The van der Waals surface area contributed by atoms with Gasteiger partial charge in [0, 0.05) is 27.1 Å². The first kappa shape index (κ1) is 28.2. The minimum Gasteiger partial charge on any atom is -0.455 e. The summed E-state index contributed by atoms with van der Waals surface area (Å²) in [4.78, 5) is 15.1. The Hall–Kier alpha value is -6.85. The van der Waals surface area contributed by atoms with Crippen molar-refractivity contribution in [1.82, 2.24) is 15.0 Å². The second-order valence-electron chi connectivity index (χ2n) is 12.4. The van der Waals surface area contributed by atoms with Crippen molar-refractivity contribution in [1.29, 1.82) is 0 Å². The van der Waals surface area contributed by atoms with Crippen molar-refractivity contribution in [3.8, 4) is 56.4 Å². The third-order valence-electron chi connectivity index (χ3n) is 9.38. The molecule has 3 aromatic heterocycles. The lowest BCUT2D eigenvalue weighted by atomic mass is 9.99. The van der Waals surface area contributed by atoms with Gasteiger partial charge in [0.2, 0.25) is 0 Å². The van der Waals surface area contributed by atoms with E-state index in [4.69, 9.17) is 23.8 Å². The maximum absolute atomic E-state index is 6.68. The molecule has 0 N–H and O–H groups in total. The van der Waals surface area contributed by atoms with Gasteiger partial charge in [0.25, 0.3) is 0 Å². The van der Waals surface area contributed by atoms with Gasteiger partial charge in [-0.25, -0.2) is 15.0 Å². The SMILES string of the molecule is c1ccc(-c2ccc(-c3ccc4c(c3)oc3c(-c5nc(-c6ccccc6)nc(-c6cccc7c6oc6ccccc67)n5)cccc34)cc2)cc1. The summed E-state index contributed by atoms with van der Waals surface area (Å²) < 4.78 is 13.1. The maximum atomic E-state index is 6.68. The number of fused-ring (bicyclic) bond motifs is 6. The topological polar surface area (TPSA) is 65.0 Å². The lowest BCUT2D eigenvalue weighted by molar-refractivity contribution is 0.669. The molecule has 0 atom stereocenters. The third-order valence-corrected chi connectivity index (χ3v) is 9.38. The molecule has 0 aliphatic carbocycles. The minimum atomic E-state index is 0.531. The first-order valence-electron chi connectivity index (χ1n) is 16.6. The number of aromatic nitrogens is 3. The Kier molecular flexibility index (Phi) is 6.42. The van der Waals surface area contributed by atoms with Crippen molar-refractivity contribution >= 4 is 43.9 Å². The molecule has 50 heavy (non-hydrogen) atoms. The van der Waals surface area contributed by atoms with Gasteiger partial charge in [-0.15, -0.1) is 0 Å². The van der Waals surface area contributed by atoms with Gasteiger partial charge in [-0.2, -0.15) is 0 Å². The quantitative estimate of drug-likeness (QED) is 0.187. The molecule has 0 fully saturated rings. The maximum Gasteiger partial charge on any atom is 0.167 e. The smallest absolute Gasteiger partial charge is 0.167 e. The molecule has 0 saturated carbocycles. The molecule has 234 valence electrons. The molecule has 0 spiro atoms. The molecule has 0 amide bonds. The number of para-hydroxylation sites is 3. The molecule has 7 aromatic carbocycles. The summed E-state index contributed by atoms with van der Waals surface area (Å²) in [6.07, 6.45) is 0. The number of benzene rings is 7. The van der Waals surface area contributed by atoms with Gasteiger partial charge in [-0.05, 0) is 52.6 Å². The van der Waals surface area contributed by atoms with Crippen LogP contribution in [-0.4, -0.2) is 15.0 Å². The largest absolute Gasteiger partial charge is 0.455 e. The summed E-state index contributed by atoms with van der Waals surface area (Å²) in [5.41, 5.74) is 10.2. The van der Waals surface area contributed by atoms with Crippen LogP contribution in [0.5, 0.6) is 0 Å². The van der Waals surface area contributed by atoms with Crippen molar-refractivity contribution in [3.63, 3.8) is 0 Å². The average Bonchev–Trinajstić information content (AvgIpc) is 3.77. The predicted octanol–water partition coefficient (Wildman–Crippen LogP) is 12.0. The summed E-state index contributed by atoms with van der Waals surface area (Å²) in [6, 6.07) is 55.8. The molecular formula is C45H27N3O2. The summed E-state index contributed by atoms with van der Waals surface area (Å²) in [7, 11) is 0. The van der Waals surface area contributed by atoms with Gasteiger partial charge in [-0.3, -0.25) is 0 Å². The van der Waals surface area contributed by atoms with Gasteiger partial charge in [0.1, 0.15) is 22.3 Å².